The minimum atomic E-state index is 0.0352. The maximum Gasteiger partial charge on any atom is 0.253 e. The number of carbonyl (C=O) groups is 2. The fourth-order valence-corrected chi connectivity index (χ4v) is 4.00. The van der Waals surface area contributed by atoms with Gasteiger partial charge in [-0.1, -0.05) is 29.8 Å². The van der Waals surface area contributed by atoms with Gasteiger partial charge in [-0.05, 0) is 61.7 Å². The number of carbonyl (C=O) groups excluding carboxylic acids is 2. The van der Waals surface area contributed by atoms with Gasteiger partial charge in [-0.3, -0.25) is 9.59 Å². The number of aryl methyl sites for hydroxylation is 2. The summed E-state index contributed by atoms with van der Waals surface area (Å²) in [6.07, 6.45) is 6.04. The summed E-state index contributed by atoms with van der Waals surface area (Å²) in [5, 5.41) is 0. The highest BCUT2D eigenvalue weighted by molar-refractivity contribution is 5.94. The van der Waals surface area contributed by atoms with Crippen LogP contribution >= 0.6 is 0 Å². The molecule has 5 nitrogen and oxygen atoms in total. The van der Waals surface area contributed by atoms with Crippen molar-refractivity contribution in [2.75, 3.05) is 26.2 Å². The number of amides is 2. The van der Waals surface area contributed by atoms with Crippen LogP contribution in [0.2, 0.25) is 0 Å². The minimum absolute atomic E-state index is 0.0352. The second-order valence-electron chi connectivity index (χ2n) is 8.15. The van der Waals surface area contributed by atoms with E-state index in [1.54, 1.807) is 0 Å². The van der Waals surface area contributed by atoms with E-state index in [0.29, 0.717) is 38.2 Å². The van der Waals surface area contributed by atoms with E-state index in [1.807, 2.05) is 63.2 Å². The standard InChI is InChI=1S/C26H29N3O2/c1-21-5-7-22(8-6-21)9-14-25(30)28-17-4-18-29(20-19-28)26(31)23-10-12-24(13-11-23)27-15-2-3-16-27/h2-3,5-8,10-13,15-16H,4,9,14,17-20H2,1H3. The number of hydrogen-bond donors (Lipinski definition) is 0. The van der Waals surface area contributed by atoms with E-state index in [0.717, 1.165) is 18.5 Å². The van der Waals surface area contributed by atoms with Gasteiger partial charge in [-0.25, -0.2) is 0 Å². The Morgan fingerprint density at radius 3 is 2.16 bits per heavy atom. The number of aromatic nitrogens is 1. The number of hydrogen-bond acceptors (Lipinski definition) is 2. The van der Waals surface area contributed by atoms with Crippen molar-refractivity contribution in [3.05, 3.63) is 89.7 Å². The Morgan fingerprint density at radius 1 is 0.806 bits per heavy atom. The second kappa shape index (κ2) is 9.65. The molecular formula is C26H29N3O2. The van der Waals surface area contributed by atoms with E-state index >= 15 is 0 Å². The Labute approximate surface area is 183 Å². The molecule has 0 bridgehead atoms. The Kier molecular flexibility index (Phi) is 6.51. The summed E-state index contributed by atoms with van der Waals surface area (Å²) in [5.74, 6) is 0.207. The van der Waals surface area contributed by atoms with Gasteiger partial charge < -0.3 is 14.4 Å². The van der Waals surface area contributed by atoms with E-state index in [-0.39, 0.29) is 11.8 Å². The summed E-state index contributed by atoms with van der Waals surface area (Å²) < 4.78 is 2.01. The van der Waals surface area contributed by atoms with Crippen molar-refractivity contribution in [3.63, 3.8) is 0 Å². The van der Waals surface area contributed by atoms with Crippen LogP contribution in [0.1, 0.15) is 34.3 Å². The molecule has 2 heterocycles. The third-order valence-electron chi connectivity index (χ3n) is 5.90. The molecule has 0 aliphatic carbocycles. The Balaban J connectivity index is 1.31. The number of nitrogens with zero attached hydrogens (tertiary/aromatic N) is 3. The lowest BCUT2D eigenvalue weighted by Crippen LogP contribution is -2.37. The summed E-state index contributed by atoms with van der Waals surface area (Å²) in [7, 11) is 0. The monoisotopic (exact) mass is 415 g/mol. The number of benzene rings is 2. The van der Waals surface area contributed by atoms with Crippen LogP contribution in [-0.4, -0.2) is 52.4 Å². The van der Waals surface area contributed by atoms with Crippen LogP contribution in [0.5, 0.6) is 0 Å². The third-order valence-corrected chi connectivity index (χ3v) is 5.90. The highest BCUT2D eigenvalue weighted by Gasteiger charge is 2.22. The lowest BCUT2D eigenvalue weighted by molar-refractivity contribution is -0.131. The fourth-order valence-electron chi connectivity index (χ4n) is 4.00. The average Bonchev–Trinajstić information content (AvgIpc) is 3.23. The van der Waals surface area contributed by atoms with Crippen molar-refractivity contribution < 1.29 is 9.59 Å². The molecule has 0 atom stereocenters. The van der Waals surface area contributed by atoms with Gasteiger partial charge in [0.25, 0.3) is 5.91 Å². The first-order chi connectivity index (χ1) is 15.1. The molecule has 1 aromatic heterocycles. The first-order valence-corrected chi connectivity index (χ1v) is 11.0. The SMILES string of the molecule is Cc1ccc(CCC(=O)N2CCCN(C(=O)c3ccc(-n4cccc4)cc3)CC2)cc1. The van der Waals surface area contributed by atoms with Gasteiger partial charge in [0, 0.05) is 56.2 Å². The van der Waals surface area contributed by atoms with Crippen molar-refractivity contribution in [3.8, 4) is 5.69 Å². The third kappa shape index (κ3) is 5.23. The molecular weight excluding hydrogens is 386 g/mol. The molecule has 2 aromatic carbocycles. The maximum atomic E-state index is 13.0. The fraction of sp³-hybridized carbons (Fsp3) is 0.308. The molecule has 4 rings (SSSR count). The summed E-state index contributed by atoms with van der Waals surface area (Å²) in [6, 6.07) is 20.0. The average molecular weight is 416 g/mol. The molecule has 1 aliphatic heterocycles. The minimum Gasteiger partial charge on any atom is -0.341 e. The van der Waals surface area contributed by atoms with Gasteiger partial charge in [0.1, 0.15) is 0 Å². The van der Waals surface area contributed by atoms with Crippen molar-refractivity contribution in [1.29, 1.82) is 0 Å². The second-order valence-corrected chi connectivity index (χ2v) is 8.15. The Morgan fingerprint density at radius 2 is 1.45 bits per heavy atom. The van der Waals surface area contributed by atoms with Gasteiger partial charge in [0.15, 0.2) is 0 Å². The highest BCUT2D eigenvalue weighted by atomic mass is 16.2. The van der Waals surface area contributed by atoms with Crippen LogP contribution in [0.4, 0.5) is 0 Å². The maximum absolute atomic E-state index is 13.0. The van der Waals surface area contributed by atoms with Gasteiger partial charge in [-0.15, -0.1) is 0 Å². The van der Waals surface area contributed by atoms with Crippen LogP contribution < -0.4 is 0 Å². The van der Waals surface area contributed by atoms with Crippen LogP contribution in [0.25, 0.3) is 5.69 Å². The molecule has 0 saturated carbocycles. The predicted molar refractivity (Wildman–Crippen MR) is 122 cm³/mol. The Hall–Kier alpha value is -3.34. The van der Waals surface area contributed by atoms with Crippen molar-refractivity contribution in [2.24, 2.45) is 0 Å². The predicted octanol–water partition coefficient (Wildman–Crippen LogP) is 4.09. The van der Waals surface area contributed by atoms with Crippen molar-refractivity contribution in [1.82, 2.24) is 14.4 Å². The van der Waals surface area contributed by atoms with Gasteiger partial charge in [0.05, 0.1) is 0 Å². The molecule has 3 aromatic rings. The molecule has 1 aliphatic rings. The van der Waals surface area contributed by atoms with Crippen LogP contribution in [0.15, 0.2) is 73.1 Å². The van der Waals surface area contributed by atoms with Gasteiger partial charge in [0.2, 0.25) is 5.91 Å². The van der Waals surface area contributed by atoms with E-state index < -0.39 is 0 Å². The van der Waals surface area contributed by atoms with Crippen LogP contribution in [0, 0.1) is 6.92 Å². The molecule has 1 fully saturated rings. The lowest BCUT2D eigenvalue weighted by atomic mass is 10.1. The molecule has 0 unspecified atom stereocenters. The summed E-state index contributed by atoms with van der Waals surface area (Å²) in [6.45, 7) is 4.63. The first-order valence-electron chi connectivity index (χ1n) is 11.0. The van der Waals surface area contributed by atoms with Gasteiger partial charge >= 0.3 is 0 Å². The number of rotatable bonds is 5. The van der Waals surface area contributed by atoms with Crippen molar-refractivity contribution in [2.45, 2.75) is 26.2 Å². The highest BCUT2D eigenvalue weighted by Crippen LogP contribution is 2.14. The molecule has 0 radical (unpaired) electrons. The molecule has 31 heavy (non-hydrogen) atoms. The largest absolute Gasteiger partial charge is 0.341 e. The van der Waals surface area contributed by atoms with Crippen LogP contribution in [0.3, 0.4) is 0 Å². The zero-order chi connectivity index (χ0) is 21.6. The normalized spacial score (nSPS) is 14.4. The van der Waals surface area contributed by atoms with E-state index in [2.05, 4.69) is 31.2 Å². The molecule has 1 saturated heterocycles. The molecule has 5 heteroatoms. The summed E-state index contributed by atoms with van der Waals surface area (Å²) in [5.41, 5.74) is 4.14. The van der Waals surface area contributed by atoms with E-state index in [9.17, 15) is 9.59 Å². The van der Waals surface area contributed by atoms with E-state index in [4.69, 9.17) is 0 Å². The lowest BCUT2D eigenvalue weighted by Gasteiger charge is -2.22. The topological polar surface area (TPSA) is 45.6 Å². The summed E-state index contributed by atoms with van der Waals surface area (Å²) >= 11 is 0. The quantitative estimate of drug-likeness (QED) is 0.630. The molecule has 2 amide bonds. The summed E-state index contributed by atoms with van der Waals surface area (Å²) in [4.78, 5) is 29.5. The molecule has 0 spiro atoms. The zero-order valence-corrected chi connectivity index (χ0v) is 18.0. The first kappa shape index (κ1) is 20.9. The van der Waals surface area contributed by atoms with Crippen molar-refractivity contribution >= 4 is 11.8 Å². The molecule has 0 N–H and O–H groups in total. The van der Waals surface area contributed by atoms with Crippen LogP contribution in [-0.2, 0) is 11.2 Å². The van der Waals surface area contributed by atoms with E-state index in [1.165, 1.54) is 11.1 Å². The smallest absolute Gasteiger partial charge is 0.253 e. The molecule has 160 valence electrons. The Bertz CT molecular complexity index is 1010. The van der Waals surface area contributed by atoms with Gasteiger partial charge in [-0.2, -0.15) is 0 Å². The zero-order valence-electron chi connectivity index (χ0n) is 18.0.